The Hall–Kier alpha value is 0.440. The molecule has 2 aliphatic heterocycles. The molecule has 1 nitrogen and oxygen atoms in total. The zero-order valence-electron chi connectivity index (χ0n) is 4.69. The molecule has 2 aliphatic rings. The van der Waals surface area contributed by atoms with Crippen LogP contribution in [0.3, 0.4) is 0 Å². The quantitative estimate of drug-likeness (QED) is 0.514. The lowest BCUT2D eigenvalue weighted by Crippen LogP contribution is -2.12. The summed E-state index contributed by atoms with van der Waals surface area (Å²) in [5.74, 6) is 0. The highest BCUT2D eigenvalue weighted by Crippen LogP contribution is 2.47. The van der Waals surface area contributed by atoms with E-state index in [-0.39, 0.29) is 4.51 Å². The van der Waals surface area contributed by atoms with Gasteiger partial charge in [0, 0.05) is 0 Å². The average molecular weight is 177 g/mol. The zero-order valence-corrected chi connectivity index (χ0v) is 6.28. The maximum Gasteiger partial charge on any atom is 0.123 e. The fourth-order valence-electron chi connectivity index (χ4n) is 1.56. The molecule has 0 N–H and O–H groups in total. The molecule has 0 amide bonds. The molecular formula is C6H9BrO. The highest BCUT2D eigenvalue weighted by Gasteiger charge is 2.43. The second-order valence-electron chi connectivity index (χ2n) is 2.70. The molecule has 2 bridgehead atoms. The number of rotatable bonds is 0. The SMILES string of the molecule is BrC12CCC(CC1)O2. The van der Waals surface area contributed by atoms with E-state index in [1.807, 2.05) is 0 Å². The number of halogens is 1. The van der Waals surface area contributed by atoms with E-state index < -0.39 is 0 Å². The van der Waals surface area contributed by atoms with Crippen LogP contribution < -0.4 is 0 Å². The highest BCUT2D eigenvalue weighted by atomic mass is 79.9. The summed E-state index contributed by atoms with van der Waals surface area (Å²) in [5, 5.41) is 0. The van der Waals surface area contributed by atoms with Gasteiger partial charge in [0.15, 0.2) is 0 Å². The minimum absolute atomic E-state index is 0.123. The van der Waals surface area contributed by atoms with Crippen molar-refractivity contribution >= 4 is 15.9 Å². The van der Waals surface area contributed by atoms with E-state index in [1.165, 1.54) is 25.7 Å². The maximum absolute atomic E-state index is 5.58. The Labute approximate surface area is 57.5 Å². The Kier molecular flexibility index (Phi) is 0.970. The summed E-state index contributed by atoms with van der Waals surface area (Å²) in [5.41, 5.74) is 0. The van der Waals surface area contributed by atoms with Crippen LogP contribution in [0.4, 0.5) is 0 Å². The fourth-order valence-corrected chi connectivity index (χ4v) is 2.28. The highest BCUT2D eigenvalue weighted by molar-refractivity contribution is 9.10. The molecule has 0 saturated carbocycles. The second-order valence-corrected chi connectivity index (χ2v) is 4.15. The van der Waals surface area contributed by atoms with E-state index in [9.17, 15) is 0 Å². The molecule has 0 radical (unpaired) electrons. The van der Waals surface area contributed by atoms with Crippen LogP contribution in [0.25, 0.3) is 0 Å². The smallest absolute Gasteiger partial charge is 0.123 e. The Morgan fingerprint density at radius 2 is 2.00 bits per heavy atom. The molecule has 0 atom stereocenters. The van der Waals surface area contributed by atoms with Gasteiger partial charge in [-0.15, -0.1) is 0 Å². The van der Waals surface area contributed by atoms with Crippen LogP contribution in [0.2, 0.25) is 0 Å². The Bertz CT molecular complexity index is 105. The molecule has 2 heterocycles. The van der Waals surface area contributed by atoms with Crippen LogP contribution in [0.5, 0.6) is 0 Å². The molecule has 2 rings (SSSR count). The van der Waals surface area contributed by atoms with Gasteiger partial charge in [0.25, 0.3) is 0 Å². The predicted octanol–water partition coefficient (Wildman–Crippen LogP) is 2.05. The topological polar surface area (TPSA) is 9.23 Å². The van der Waals surface area contributed by atoms with E-state index >= 15 is 0 Å². The van der Waals surface area contributed by atoms with Crippen molar-refractivity contribution in [1.82, 2.24) is 0 Å². The van der Waals surface area contributed by atoms with Gasteiger partial charge in [0.1, 0.15) is 4.51 Å². The zero-order chi connectivity index (χ0) is 5.61. The minimum Gasteiger partial charge on any atom is -0.361 e. The third kappa shape index (κ3) is 0.627. The van der Waals surface area contributed by atoms with Crippen LogP contribution in [0, 0.1) is 0 Å². The normalized spacial score (nSPS) is 52.9. The Morgan fingerprint density at radius 1 is 1.38 bits per heavy atom. The summed E-state index contributed by atoms with van der Waals surface area (Å²) in [7, 11) is 0. The number of ether oxygens (including phenoxy) is 1. The van der Waals surface area contributed by atoms with Crippen molar-refractivity contribution in [3.63, 3.8) is 0 Å². The van der Waals surface area contributed by atoms with Crippen LogP contribution in [0.15, 0.2) is 0 Å². The van der Waals surface area contributed by atoms with E-state index in [0.717, 1.165) is 0 Å². The van der Waals surface area contributed by atoms with E-state index in [1.54, 1.807) is 0 Å². The molecule has 0 aliphatic carbocycles. The van der Waals surface area contributed by atoms with Gasteiger partial charge in [-0.2, -0.15) is 0 Å². The third-order valence-corrected chi connectivity index (χ3v) is 3.04. The van der Waals surface area contributed by atoms with Gasteiger partial charge in [0.05, 0.1) is 6.10 Å². The molecule has 0 spiro atoms. The molecule has 0 aromatic rings. The van der Waals surface area contributed by atoms with Gasteiger partial charge in [-0.05, 0) is 25.7 Å². The summed E-state index contributed by atoms with van der Waals surface area (Å²) in [6, 6.07) is 0. The lowest BCUT2D eigenvalue weighted by atomic mass is 10.0. The molecule has 46 valence electrons. The lowest BCUT2D eigenvalue weighted by molar-refractivity contribution is 0.0864. The predicted molar refractivity (Wildman–Crippen MR) is 35.0 cm³/mol. The first-order valence-electron chi connectivity index (χ1n) is 3.15. The number of fused-ring (bicyclic) bond motifs is 2. The number of hydrogen-bond donors (Lipinski definition) is 0. The van der Waals surface area contributed by atoms with Crippen molar-refractivity contribution in [3.8, 4) is 0 Å². The van der Waals surface area contributed by atoms with E-state index in [2.05, 4.69) is 15.9 Å². The third-order valence-electron chi connectivity index (χ3n) is 2.06. The van der Waals surface area contributed by atoms with Crippen molar-refractivity contribution in [1.29, 1.82) is 0 Å². The van der Waals surface area contributed by atoms with Gasteiger partial charge in [-0.1, -0.05) is 15.9 Å². The van der Waals surface area contributed by atoms with Crippen LogP contribution in [0.1, 0.15) is 25.7 Å². The first kappa shape index (κ1) is 5.24. The summed E-state index contributed by atoms with van der Waals surface area (Å²) < 4.78 is 5.70. The van der Waals surface area contributed by atoms with Gasteiger partial charge in [-0.25, -0.2) is 0 Å². The van der Waals surface area contributed by atoms with Crippen LogP contribution in [-0.4, -0.2) is 10.6 Å². The summed E-state index contributed by atoms with van der Waals surface area (Å²) in [6.45, 7) is 0. The van der Waals surface area contributed by atoms with Gasteiger partial charge >= 0.3 is 0 Å². The molecule has 2 saturated heterocycles. The molecule has 0 aromatic heterocycles. The molecule has 8 heavy (non-hydrogen) atoms. The molecule has 2 heteroatoms. The van der Waals surface area contributed by atoms with Crippen molar-refractivity contribution in [2.45, 2.75) is 36.3 Å². The van der Waals surface area contributed by atoms with Gasteiger partial charge in [-0.3, -0.25) is 0 Å². The van der Waals surface area contributed by atoms with E-state index in [4.69, 9.17) is 4.74 Å². The molecular weight excluding hydrogens is 168 g/mol. The standard InChI is InChI=1S/C6H9BrO/c7-6-3-1-5(8-6)2-4-6/h5H,1-4H2. The fraction of sp³-hybridized carbons (Fsp3) is 1.00. The van der Waals surface area contributed by atoms with Crippen molar-refractivity contribution in [2.75, 3.05) is 0 Å². The van der Waals surface area contributed by atoms with Crippen molar-refractivity contribution in [2.24, 2.45) is 0 Å². The lowest BCUT2D eigenvalue weighted by Gasteiger charge is -2.13. The monoisotopic (exact) mass is 176 g/mol. The van der Waals surface area contributed by atoms with Crippen LogP contribution >= 0.6 is 15.9 Å². The number of alkyl halides is 1. The second kappa shape index (κ2) is 1.48. The van der Waals surface area contributed by atoms with E-state index in [0.29, 0.717) is 6.10 Å². The summed E-state index contributed by atoms with van der Waals surface area (Å²) in [4.78, 5) is 0. The Morgan fingerprint density at radius 3 is 2.12 bits per heavy atom. The summed E-state index contributed by atoms with van der Waals surface area (Å²) >= 11 is 3.56. The Balaban J connectivity index is 2.19. The summed E-state index contributed by atoms with van der Waals surface area (Å²) in [6.07, 6.45) is 5.57. The largest absolute Gasteiger partial charge is 0.361 e. The van der Waals surface area contributed by atoms with Gasteiger partial charge in [0.2, 0.25) is 0 Å². The maximum atomic E-state index is 5.58. The van der Waals surface area contributed by atoms with Crippen molar-refractivity contribution < 1.29 is 4.74 Å². The average Bonchev–Trinajstić information content (AvgIpc) is 2.21. The number of hydrogen-bond acceptors (Lipinski definition) is 1. The van der Waals surface area contributed by atoms with Crippen LogP contribution in [-0.2, 0) is 4.74 Å². The van der Waals surface area contributed by atoms with Crippen molar-refractivity contribution in [3.05, 3.63) is 0 Å². The first-order chi connectivity index (χ1) is 3.79. The molecule has 0 unspecified atom stereocenters. The minimum atomic E-state index is 0.123. The first-order valence-corrected chi connectivity index (χ1v) is 3.95. The molecule has 2 fully saturated rings. The van der Waals surface area contributed by atoms with Gasteiger partial charge < -0.3 is 4.74 Å². The molecule has 0 aromatic carbocycles.